The fourth-order valence-electron chi connectivity index (χ4n) is 2.15. The molecule has 3 nitrogen and oxygen atoms in total. The normalized spacial score (nSPS) is 9.68. The number of fused-ring (bicyclic) bond motifs is 1. The number of rotatable bonds is 2. The molecule has 2 aromatic rings. The van der Waals surface area contributed by atoms with Gasteiger partial charge in [0.05, 0.1) is 25.4 Å². The number of nitrogens with two attached hydrogens (primary N) is 1. The Bertz CT molecular complexity index is 613. The number of anilines is 1. The standard InChI is InChI=1S/C14H16FNO2.C2H6.CH3F/c1-7(2)8-6-10(16)14(17)13-9(15)4-5-11(18-3)12(8)13;2*1-2/h4-7,17H,16H2,1-3H3;1-2H3;1H3. The van der Waals surface area contributed by atoms with Crippen LogP contribution in [0.3, 0.4) is 0 Å². The van der Waals surface area contributed by atoms with Crippen molar-refractivity contribution in [2.24, 2.45) is 0 Å². The van der Waals surface area contributed by atoms with Gasteiger partial charge in [0.25, 0.3) is 0 Å². The highest BCUT2D eigenvalue weighted by Crippen LogP contribution is 2.42. The highest BCUT2D eigenvalue weighted by molar-refractivity contribution is 5.99. The molecule has 2 aromatic carbocycles. The van der Waals surface area contributed by atoms with Gasteiger partial charge in [-0.3, -0.25) is 4.39 Å². The molecule has 0 saturated heterocycles. The van der Waals surface area contributed by atoms with Crippen molar-refractivity contribution < 1.29 is 18.6 Å². The van der Waals surface area contributed by atoms with E-state index in [0.29, 0.717) is 18.3 Å². The van der Waals surface area contributed by atoms with Crippen molar-refractivity contribution in [1.29, 1.82) is 0 Å². The van der Waals surface area contributed by atoms with Gasteiger partial charge in [-0.2, -0.15) is 0 Å². The second-order valence-electron chi connectivity index (χ2n) is 4.56. The zero-order valence-corrected chi connectivity index (χ0v) is 14.0. The number of nitrogen functional groups attached to an aromatic ring is 1. The Hall–Kier alpha value is -2.04. The van der Waals surface area contributed by atoms with E-state index in [9.17, 15) is 13.9 Å². The van der Waals surface area contributed by atoms with Gasteiger partial charge in [0, 0.05) is 5.39 Å². The molecule has 2 rings (SSSR count). The Morgan fingerprint density at radius 3 is 2.14 bits per heavy atom. The van der Waals surface area contributed by atoms with Crippen LogP contribution in [0.4, 0.5) is 14.5 Å². The third kappa shape index (κ3) is 3.78. The third-order valence-electron chi connectivity index (χ3n) is 3.07. The molecule has 0 bridgehead atoms. The van der Waals surface area contributed by atoms with E-state index < -0.39 is 5.82 Å². The minimum atomic E-state index is -0.502. The van der Waals surface area contributed by atoms with E-state index in [0.717, 1.165) is 5.56 Å². The summed E-state index contributed by atoms with van der Waals surface area (Å²) in [5, 5.41) is 10.7. The molecule has 3 N–H and O–H groups in total. The molecule has 0 aliphatic carbocycles. The molecule has 0 unspecified atom stereocenters. The van der Waals surface area contributed by atoms with Crippen molar-refractivity contribution in [1.82, 2.24) is 0 Å². The average Bonchev–Trinajstić information content (AvgIpc) is 2.54. The summed E-state index contributed by atoms with van der Waals surface area (Å²) in [6, 6.07) is 4.49. The van der Waals surface area contributed by atoms with Gasteiger partial charge in [0.2, 0.25) is 0 Å². The average molecular weight is 313 g/mol. The lowest BCUT2D eigenvalue weighted by atomic mass is 9.93. The molecule has 5 heteroatoms. The van der Waals surface area contributed by atoms with Crippen LogP contribution in [0.5, 0.6) is 11.5 Å². The first-order valence-corrected chi connectivity index (χ1v) is 7.12. The Kier molecular flexibility index (Phi) is 8.23. The number of hydrogen-bond acceptors (Lipinski definition) is 3. The maximum atomic E-state index is 13.9. The van der Waals surface area contributed by atoms with E-state index in [2.05, 4.69) is 0 Å². The van der Waals surface area contributed by atoms with Crippen molar-refractivity contribution in [3.05, 3.63) is 29.6 Å². The van der Waals surface area contributed by atoms with Crippen molar-refractivity contribution >= 4 is 16.5 Å². The lowest BCUT2D eigenvalue weighted by molar-refractivity contribution is 0.418. The number of methoxy groups -OCH3 is 1. The largest absolute Gasteiger partial charge is 0.505 e. The molecule has 0 heterocycles. The predicted octanol–water partition coefficient (Wildman–Crippen LogP) is 5.01. The Balaban J connectivity index is 0.00000102. The smallest absolute Gasteiger partial charge is 0.149 e. The van der Waals surface area contributed by atoms with E-state index in [-0.39, 0.29) is 22.7 Å². The summed E-state index contributed by atoms with van der Waals surface area (Å²) in [5.41, 5.74) is 6.76. The first kappa shape index (κ1) is 20.0. The monoisotopic (exact) mass is 313 g/mol. The summed E-state index contributed by atoms with van der Waals surface area (Å²) in [4.78, 5) is 0. The SMILES string of the molecule is CC.CF.COc1ccc(F)c2c(O)c(N)cc(C(C)C)c12. The van der Waals surface area contributed by atoms with Crippen LogP contribution in [-0.2, 0) is 0 Å². The summed E-state index contributed by atoms with van der Waals surface area (Å²) in [7, 11) is 2.02. The maximum absolute atomic E-state index is 13.9. The number of phenols is 1. The van der Waals surface area contributed by atoms with Gasteiger partial charge >= 0.3 is 0 Å². The van der Waals surface area contributed by atoms with Crippen LogP contribution in [-0.4, -0.2) is 19.4 Å². The van der Waals surface area contributed by atoms with Crippen molar-refractivity contribution in [3.63, 3.8) is 0 Å². The summed E-state index contributed by atoms with van der Waals surface area (Å²) in [6.07, 6.45) is 0. The number of phenolic OH excluding ortho intramolecular Hbond substituents is 1. The van der Waals surface area contributed by atoms with Crippen molar-refractivity contribution in [2.75, 3.05) is 20.0 Å². The quantitative estimate of drug-likeness (QED) is 0.605. The van der Waals surface area contributed by atoms with E-state index in [1.54, 1.807) is 12.1 Å². The first-order chi connectivity index (χ1) is 10.5. The molecule has 0 amide bonds. The number of aromatic hydroxyl groups is 1. The molecule has 124 valence electrons. The van der Waals surface area contributed by atoms with E-state index >= 15 is 0 Å². The minimum absolute atomic E-state index is 0.123. The third-order valence-corrected chi connectivity index (χ3v) is 3.07. The number of alkyl halides is 1. The molecule has 0 radical (unpaired) electrons. The highest BCUT2D eigenvalue weighted by Gasteiger charge is 2.18. The van der Waals surface area contributed by atoms with Gasteiger partial charge in [-0.1, -0.05) is 27.7 Å². The molecule has 0 aliphatic rings. The number of halogens is 2. The van der Waals surface area contributed by atoms with Gasteiger partial charge in [0.15, 0.2) is 0 Å². The zero-order valence-electron chi connectivity index (χ0n) is 14.0. The predicted molar refractivity (Wildman–Crippen MR) is 89.0 cm³/mol. The highest BCUT2D eigenvalue weighted by atomic mass is 19.1. The molecular weight excluding hydrogens is 288 g/mol. The fraction of sp³-hybridized carbons (Fsp3) is 0.412. The summed E-state index contributed by atoms with van der Waals surface area (Å²) >= 11 is 0. The van der Waals surface area contributed by atoms with E-state index in [4.69, 9.17) is 10.5 Å². The summed E-state index contributed by atoms with van der Waals surface area (Å²) in [5.74, 6) is -0.0557. The molecule has 0 aliphatic heterocycles. The molecule has 22 heavy (non-hydrogen) atoms. The van der Waals surface area contributed by atoms with Crippen LogP contribution in [0.2, 0.25) is 0 Å². The lowest BCUT2D eigenvalue weighted by Crippen LogP contribution is -1.98. The van der Waals surface area contributed by atoms with Gasteiger partial charge in [-0.25, -0.2) is 4.39 Å². The second-order valence-corrected chi connectivity index (χ2v) is 4.56. The van der Waals surface area contributed by atoms with Crippen LogP contribution in [0, 0.1) is 5.82 Å². The van der Waals surface area contributed by atoms with Gasteiger partial charge < -0.3 is 15.6 Å². The lowest BCUT2D eigenvalue weighted by Gasteiger charge is -2.16. The molecule has 0 fully saturated rings. The van der Waals surface area contributed by atoms with E-state index in [1.165, 1.54) is 13.2 Å². The van der Waals surface area contributed by atoms with Crippen LogP contribution in [0.25, 0.3) is 10.8 Å². The maximum Gasteiger partial charge on any atom is 0.149 e. The van der Waals surface area contributed by atoms with Crippen molar-refractivity contribution in [3.8, 4) is 11.5 Å². The van der Waals surface area contributed by atoms with Gasteiger partial charge in [0.1, 0.15) is 17.3 Å². The van der Waals surface area contributed by atoms with Crippen LogP contribution >= 0.6 is 0 Å². The fourth-order valence-corrected chi connectivity index (χ4v) is 2.15. The Morgan fingerprint density at radius 1 is 1.14 bits per heavy atom. The summed E-state index contributed by atoms with van der Waals surface area (Å²) in [6.45, 7) is 7.96. The minimum Gasteiger partial charge on any atom is -0.505 e. The van der Waals surface area contributed by atoms with Crippen LogP contribution < -0.4 is 10.5 Å². The number of ether oxygens (including phenoxy) is 1. The Morgan fingerprint density at radius 2 is 1.68 bits per heavy atom. The van der Waals surface area contributed by atoms with Gasteiger partial charge in [-0.15, -0.1) is 0 Å². The van der Waals surface area contributed by atoms with E-state index in [1.807, 2.05) is 27.7 Å². The molecule has 0 atom stereocenters. The number of hydrogen-bond donors (Lipinski definition) is 2. The van der Waals surface area contributed by atoms with Gasteiger partial charge in [-0.05, 0) is 29.7 Å². The topological polar surface area (TPSA) is 55.5 Å². The summed E-state index contributed by atoms with van der Waals surface area (Å²) < 4.78 is 28.7. The molecule has 0 aromatic heterocycles. The second kappa shape index (κ2) is 9.07. The van der Waals surface area contributed by atoms with Crippen LogP contribution in [0.15, 0.2) is 18.2 Å². The van der Waals surface area contributed by atoms with Crippen LogP contribution in [0.1, 0.15) is 39.2 Å². The number of benzene rings is 2. The Labute approximate surface area is 130 Å². The van der Waals surface area contributed by atoms with Crippen molar-refractivity contribution in [2.45, 2.75) is 33.6 Å². The molecule has 0 saturated carbocycles. The zero-order chi connectivity index (χ0) is 17.4. The molecular formula is C17H25F2NO2. The first-order valence-electron chi connectivity index (χ1n) is 7.12. The molecule has 0 spiro atoms.